The van der Waals surface area contributed by atoms with Gasteiger partial charge < -0.3 is 4.74 Å². The second-order valence-corrected chi connectivity index (χ2v) is 4.42. The molecule has 1 heterocycles. The standard InChI is InChI=1S/C9H7BrF2INO2/c1-16-9(15)7-6(13)4(2-10)5(3-14-7)8(11)12/h3,8H,2H2,1H3. The second-order valence-electron chi connectivity index (χ2n) is 2.78. The lowest BCUT2D eigenvalue weighted by Gasteiger charge is -2.10. The quantitative estimate of drug-likeness (QED) is 0.440. The fraction of sp³-hybridized carbons (Fsp3) is 0.333. The number of halogens is 4. The van der Waals surface area contributed by atoms with Gasteiger partial charge >= 0.3 is 5.97 Å². The molecule has 0 aliphatic heterocycles. The smallest absolute Gasteiger partial charge is 0.357 e. The van der Waals surface area contributed by atoms with Crippen LogP contribution < -0.4 is 0 Å². The Hall–Kier alpha value is -0.310. The number of alkyl halides is 3. The molecule has 1 rings (SSSR count). The van der Waals surface area contributed by atoms with Crippen LogP contribution in [0.1, 0.15) is 28.0 Å². The number of ether oxygens (including phenoxy) is 1. The molecule has 0 N–H and O–H groups in total. The van der Waals surface area contributed by atoms with Gasteiger partial charge in [-0.15, -0.1) is 0 Å². The molecule has 1 aromatic heterocycles. The van der Waals surface area contributed by atoms with Gasteiger partial charge in [-0.05, 0) is 28.2 Å². The second kappa shape index (κ2) is 5.85. The van der Waals surface area contributed by atoms with Crippen LogP contribution >= 0.6 is 38.5 Å². The fourth-order valence-corrected chi connectivity index (χ4v) is 3.09. The number of carbonyl (C=O) groups is 1. The Kier molecular flexibility index (Phi) is 5.03. The van der Waals surface area contributed by atoms with Crippen LogP contribution in [0.15, 0.2) is 6.20 Å². The Balaban J connectivity index is 3.34. The van der Waals surface area contributed by atoms with Gasteiger partial charge in [0.1, 0.15) is 0 Å². The van der Waals surface area contributed by atoms with Crippen LogP contribution in [0.4, 0.5) is 8.78 Å². The minimum Gasteiger partial charge on any atom is -0.464 e. The molecule has 0 aliphatic carbocycles. The van der Waals surface area contributed by atoms with Crippen molar-refractivity contribution in [2.24, 2.45) is 0 Å². The van der Waals surface area contributed by atoms with Crippen molar-refractivity contribution < 1.29 is 18.3 Å². The lowest BCUT2D eigenvalue weighted by atomic mass is 10.1. The van der Waals surface area contributed by atoms with Gasteiger partial charge in [-0.3, -0.25) is 0 Å². The monoisotopic (exact) mass is 405 g/mol. The van der Waals surface area contributed by atoms with Crippen LogP contribution in [-0.4, -0.2) is 18.1 Å². The van der Waals surface area contributed by atoms with E-state index in [-0.39, 0.29) is 16.6 Å². The Morgan fingerprint density at radius 1 is 1.69 bits per heavy atom. The zero-order chi connectivity index (χ0) is 12.3. The average molecular weight is 406 g/mol. The van der Waals surface area contributed by atoms with Crippen molar-refractivity contribution >= 4 is 44.5 Å². The first-order chi connectivity index (χ1) is 7.52. The number of esters is 1. The highest BCUT2D eigenvalue weighted by atomic mass is 127. The van der Waals surface area contributed by atoms with E-state index in [9.17, 15) is 13.6 Å². The van der Waals surface area contributed by atoms with Gasteiger partial charge in [0.05, 0.1) is 10.7 Å². The minimum absolute atomic E-state index is 0.0574. The van der Waals surface area contributed by atoms with E-state index >= 15 is 0 Å². The molecule has 0 bridgehead atoms. The van der Waals surface area contributed by atoms with Crippen molar-refractivity contribution in [3.63, 3.8) is 0 Å². The van der Waals surface area contributed by atoms with Gasteiger partial charge in [0.2, 0.25) is 0 Å². The zero-order valence-electron chi connectivity index (χ0n) is 8.14. The average Bonchev–Trinajstić information content (AvgIpc) is 2.27. The molecule has 0 radical (unpaired) electrons. The number of methoxy groups -OCH3 is 1. The van der Waals surface area contributed by atoms with Crippen molar-refractivity contribution in [1.29, 1.82) is 0 Å². The van der Waals surface area contributed by atoms with E-state index in [4.69, 9.17) is 0 Å². The molecule has 16 heavy (non-hydrogen) atoms. The van der Waals surface area contributed by atoms with Gasteiger partial charge in [0.25, 0.3) is 6.43 Å². The Labute approximate surface area is 113 Å². The number of carbonyl (C=O) groups excluding carboxylic acids is 1. The molecule has 0 fully saturated rings. The van der Waals surface area contributed by atoms with E-state index in [1.807, 2.05) is 22.6 Å². The van der Waals surface area contributed by atoms with Crippen molar-refractivity contribution in [3.8, 4) is 0 Å². The Morgan fingerprint density at radius 3 is 2.75 bits per heavy atom. The molecule has 0 aliphatic rings. The minimum atomic E-state index is -2.61. The van der Waals surface area contributed by atoms with Crippen molar-refractivity contribution in [3.05, 3.63) is 26.6 Å². The van der Waals surface area contributed by atoms with Crippen molar-refractivity contribution in [1.82, 2.24) is 4.98 Å². The highest BCUT2D eigenvalue weighted by Gasteiger charge is 2.21. The number of nitrogens with zero attached hydrogens (tertiary/aromatic N) is 1. The summed E-state index contributed by atoms with van der Waals surface area (Å²) in [4.78, 5) is 15.0. The Morgan fingerprint density at radius 2 is 2.31 bits per heavy atom. The third-order valence-electron chi connectivity index (χ3n) is 1.90. The predicted octanol–water partition coefficient (Wildman–Crippen LogP) is 3.31. The summed E-state index contributed by atoms with van der Waals surface area (Å²) in [5, 5.41) is 0.234. The first-order valence-corrected chi connectivity index (χ1v) is 6.32. The molecular weight excluding hydrogens is 399 g/mol. The lowest BCUT2D eigenvalue weighted by Crippen LogP contribution is -2.10. The largest absolute Gasteiger partial charge is 0.464 e. The number of rotatable bonds is 3. The normalized spacial score (nSPS) is 10.6. The van der Waals surface area contributed by atoms with Crippen molar-refractivity contribution in [2.45, 2.75) is 11.8 Å². The predicted molar refractivity (Wildman–Crippen MR) is 65.9 cm³/mol. The highest BCUT2D eigenvalue weighted by molar-refractivity contribution is 14.1. The molecule has 0 saturated heterocycles. The van der Waals surface area contributed by atoms with E-state index in [2.05, 4.69) is 25.7 Å². The summed E-state index contributed by atoms with van der Waals surface area (Å²) in [7, 11) is 1.22. The first-order valence-electron chi connectivity index (χ1n) is 4.12. The third kappa shape index (κ3) is 2.68. The molecule has 0 unspecified atom stereocenters. The zero-order valence-corrected chi connectivity index (χ0v) is 11.9. The molecule has 0 atom stereocenters. The van der Waals surface area contributed by atoms with Gasteiger partial charge in [-0.1, -0.05) is 15.9 Å². The summed E-state index contributed by atoms with van der Waals surface area (Å²) in [5.74, 6) is -0.632. The number of aromatic nitrogens is 1. The molecule has 0 amide bonds. The molecule has 7 heteroatoms. The first kappa shape index (κ1) is 13.8. The van der Waals surface area contributed by atoms with Crippen LogP contribution in [0.3, 0.4) is 0 Å². The van der Waals surface area contributed by atoms with Gasteiger partial charge in [0.15, 0.2) is 5.69 Å². The van der Waals surface area contributed by atoms with Crippen LogP contribution in [0.5, 0.6) is 0 Å². The highest BCUT2D eigenvalue weighted by Crippen LogP contribution is 2.29. The topological polar surface area (TPSA) is 39.2 Å². The van der Waals surface area contributed by atoms with Crippen LogP contribution in [-0.2, 0) is 10.1 Å². The summed E-state index contributed by atoms with van der Waals surface area (Å²) < 4.78 is 30.2. The number of pyridine rings is 1. The summed E-state index contributed by atoms with van der Waals surface area (Å²) in [6.45, 7) is 0. The third-order valence-corrected chi connectivity index (χ3v) is 3.62. The van der Waals surface area contributed by atoms with Crippen LogP contribution in [0, 0.1) is 3.57 Å². The molecule has 1 aromatic rings. The molecule has 0 spiro atoms. The van der Waals surface area contributed by atoms with E-state index in [1.54, 1.807) is 0 Å². The van der Waals surface area contributed by atoms with E-state index in [1.165, 1.54) is 7.11 Å². The molecule has 0 saturated carbocycles. The van der Waals surface area contributed by atoms with Gasteiger partial charge in [-0.2, -0.15) is 0 Å². The maximum absolute atomic E-state index is 12.6. The van der Waals surface area contributed by atoms with E-state index in [0.717, 1.165) is 6.20 Å². The summed E-state index contributed by atoms with van der Waals surface area (Å²) in [6.07, 6.45) is -1.60. The van der Waals surface area contributed by atoms with Gasteiger partial charge in [0, 0.05) is 17.1 Å². The molecular formula is C9H7BrF2INO2. The van der Waals surface area contributed by atoms with E-state index in [0.29, 0.717) is 9.13 Å². The maximum Gasteiger partial charge on any atom is 0.357 e. The molecule has 0 aromatic carbocycles. The van der Waals surface area contributed by atoms with Crippen LogP contribution in [0.2, 0.25) is 0 Å². The molecule has 3 nitrogen and oxygen atoms in total. The summed E-state index contributed by atoms with van der Waals surface area (Å²) >= 11 is 4.93. The lowest BCUT2D eigenvalue weighted by molar-refractivity contribution is 0.0592. The van der Waals surface area contributed by atoms with Crippen molar-refractivity contribution in [2.75, 3.05) is 7.11 Å². The van der Waals surface area contributed by atoms with Gasteiger partial charge in [-0.25, -0.2) is 18.6 Å². The van der Waals surface area contributed by atoms with Crippen LogP contribution in [0.25, 0.3) is 0 Å². The Bertz CT molecular complexity index is 415. The number of hydrogen-bond acceptors (Lipinski definition) is 3. The number of hydrogen-bond donors (Lipinski definition) is 0. The van der Waals surface area contributed by atoms with E-state index < -0.39 is 12.4 Å². The summed E-state index contributed by atoms with van der Waals surface area (Å²) in [5.41, 5.74) is 0.252. The summed E-state index contributed by atoms with van der Waals surface area (Å²) in [6, 6.07) is 0. The fourth-order valence-electron chi connectivity index (χ4n) is 1.10. The SMILES string of the molecule is COC(=O)c1ncc(C(F)F)c(CBr)c1I. The molecule has 88 valence electrons. The maximum atomic E-state index is 12.6.